The number of hydrogen-bond acceptors (Lipinski definition) is 3. The van der Waals surface area contributed by atoms with Crippen molar-refractivity contribution in [3.05, 3.63) is 0 Å². The van der Waals surface area contributed by atoms with Crippen LogP contribution in [0.15, 0.2) is 0 Å². The fraction of sp³-hybridized carbons (Fsp3) is 0.917. The summed E-state index contributed by atoms with van der Waals surface area (Å²) >= 11 is 0. The van der Waals surface area contributed by atoms with Crippen molar-refractivity contribution in [2.24, 2.45) is 0 Å². The molecule has 1 saturated heterocycles. The molecule has 1 atom stereocenters. The molecule has 0 aromatic heterocycles. The van der Waals surface area contributed by atoms with Gasteiger partial charge in [0.25, 0.3) is 0 Å². The van der Waals surface area contributed by atoms with E-state index in [4.69, 9.17) is 5.11 Å². The van der Waals surface area contributed by atoms with Gasteiger partial charge in [0, 0.05) is 24.7 Å². The Kier molecular flexibility index (Phi) is 4.33. The van der Waals surface area contributed by atoms with Crippen LogP contribution in [0.1, 0.15) is 40.5 Å². The summed E-state index contributed by atoms with van der Waals surface area (Å²) in [7, 11) is 0. The van der Waals surface area contributed by atoms with Crippen LogP contribution >= 0.6 is 0 Å². The molecule has 0 aliphatic carbocycles. The minimum absolute atomic E-state index is 0.226. The molecule has 0 spiro atoms. The lowest BCUT2D eigenvalue weighted by Crippen LogP contribution is -2.52. The molecule has 0 saturated carbocycles. The van der Waals surface area contributed by atoms with Crippen LogP contribution in [0.5, 0.6) is 0 Å². The van der Waals surface area contributed by atoms with E-state index in [1.165, 1.54) is 0 Å². The molecule has 0 aromatic carbocycles. The minimum Gasteiger partial charge on any atom is -0.480 e. The molecule has 1 heterocycles. The molecule has 4 nitrogen and oxygen atoms in total. The number of carboxylic acid groups (broad SMARTS) is 1. The van der Waals surface area contributed by atoms with Gasteiger partial charge in [-0.3, -0.25) is 9.69 Å². The van der Waals surface area contributed by atoms with Crippen molar-refractivity contribution in [1.82, 2.24) is 10.2 Å². The van der Waals surface area contributed by atoms with Crippen LogP contribution in [0, 0.1) is 0 Å². The summed E-state index contributed by atoms with van der Waals surface area (Å²) in [5.74, 6) is -0.766. The van der Waals surface area contributed by atoms with E-state index in [0.717, 1.165) is 25.9 Å². The number of nitrogens with zero attached hydrogens (tertiary/aromatic N) is 1. The predicted octanol–water partition coefficient (Wildman–Crippen LogP) is 1.31. The maximum absolute atomic E-state index is 10.7. The maximum atomic E-state index is 10.7. The summed E-state index contributed by atoms with van der Waals surface area (Å²) in [6.45, 7) is 10.5. The highest BCUT2D eigenvalue weighted by atomic mass is 16.4. The zero-order valence-corrected chi connectivity index (χ0v) is 10.8. The van der Waals surface area contributed by atoms with Gasteiger partial charge in [0.15, 0.2) is 0 Å². The van der Waals surface area contributed by atoms with Crippen LogP contribution in [0.25, 0.3) is 0 Å². The Morgan fingerprint density at radius 1 is 1.38 bits per heavy atom. The van der Waals surface area contributed by atoms with Crippen molar-refractivity contribution in [2.75, 3.05) is 13.1 Å². The fourth-order valence-corrected chi connectivity index (χ4v) is 2.14. The van der Waals surface area contributed by atoms with Crippen molar-refractivity contribution in [1.29, 1.82) is 0 Å². The molecule has 0 bridgehead atoms. The van der Waals surface area contributed by atoms with Crippen molar-refractivity contribution < 1.29 is 9.90 Å². The second-order valence-electron chi connectivity index (χ2n) is 5.66. The summed E-state index contributed by atoms with van der Waals surface area (Å²) in [5, 5.41) is 12.0. The molecular formula is C12H24N2O2. The van der Waals surface area contributed by atoms with Gasteiger partial charge < -0.3 is 10.4 Å². The number of carboxylic acids is 1. The van der Waals surface area contributed by atoms with Gasteiger partial charge >= 0.3 is 5.97 Å². The van der Waals surface area contributed by atoms with Crippen molar-refractivity contribution in [2.45, 2.75) is 58.2 Å². The number of hydrogen-bond donors (Lipinski definition) is 2. The molecule has 1 fully saturated rings. The van der Waals surface area contributed by atoms with E-state index >= 15 is 0 Å². The number of nitrogens with one attached hydrogen (secondary N) is 1. The zero-order valence-electron chi connectivity index (χ0n) is 10.8. The van der Waals surface area contributed by atoms with E-state index < -0.39 is 12.0 Å². The second kappa shape index (κ2) is 5.15. The third-order valence-corrected chi connectivity index (χ3v) is 3.30. The molecule has 1 unspecified atom stereocenters. The Bertz CT molecular complexity index is 240. The zero-order chi connectivity index (χ0) is 12.3. The number of carbonyl (C=O) groups is 1. The van der Waals surface area contributed by atoms with Gasteiger partial charge in [0.05, 0.1) is 0 Å². The highest BCUT2D eigenvalue weighted by Crippen LogP contribution is 2.20. The van der Waals surface area contributed by atoms with Gasteiger partial charge in [-0.05, 0) is 40.5 Å². The summed E-state index contributed by atoms with van der Waals surface area (Å²) in [5.41, 5.74) is 0.226. The molecule has 16 heavy (non-hydrogen) atoms. The fourth-order valence-electron chi connectivity index (χ4n) is 2.14. The van der Waals surface area contributed by atoms with E-state index in [0.29, 0.717) is 6.04 Å². The Morgan fingerprint density at radius 2 is 1.88 bits per heavy atom. The molecule has 1 rings (SSSR count). The molecule has 1 aliphatic rings. The predicted molar refractivity (Wildman–Crippen MR) is 64.6 cm³/mol. The van der Waals surface area contributed by atoms with Crippen LogP contribution in [0.3, 0.4) is 0 Å². The first-order valence-corrected chi connectivity index (χ1v) is 6.04. The SMILES string of the molecule is CC(NC1CCN(C(C)(C)C)CC1)C(=O)O. The minimum atomic E-state index is -0.766. The van der Waals surface area contributed by atoms with Crippen LogP contribution in [-0.4, -0.2) is 46.7 Å². The second-order valence-corrected chi connectivity index (χ2v) is 5.66. The summed E-state index contributed by atoms with van der Waals surface area (Å²) in [6, 6.07) is -0.0871. The van der Waals surface area contributed by atoms with Crippen LogP contribution in [0.2, 0.25) is 0 Å². The lowest BCUT2D eigenvalue weighted by Gasteiger charge is -2.41. The quantitative estimate of drug-likeness (QED) is 0.765. The largest absolute Gasteiger partial charge is 0.480 e. The first kappa shape index (κ1) is 13.5. The highest BCUT2D eigenvalue weighted by Gasteiger charge is 2.28. The van der Waals surface area contributed by atoms with E-state index in [2.05, 4.69) is 31.0 Å². The number of piperidine rings is 1. The van der Waals surface area contributed by atoms with Crippen LogP contribution in [0.4, 0.5) is 0 Å². The molecule has 0 amide bonds. The number of rotatable bonds is 3. The molecule has 4 heteroatoms. The van der Waals surface area contributed by atoms with Gasteiger partial charge in [-0.15, -0.1) is 0 Å². The van der Waals surface area contributed by atoms with E-state index in [-0.39, 0.29) is 5.54 Å². The summed E-state index contributed by atoms with van der Waals surface area (Å²) < 4.78 is 0. The Balaban J connectivity index is 2.35. The monoisotopic (exact) mass is 228 g/mol. The molecule has 0 aromatic rings. The van der Waals surface area contributed by atoms with Gasteiger partial charge in [0.1, 0.15) is 6.04 Å². The normalized spacial score (nSPS) is 22.0. The highest BCUT2D eigenvalue weighted by molar-refractivity contribution is 5.72. The van der Waals surface area contributed by atoms with Gasteiger partial charge in [-0.25, -0.2) is 0 Å². The Morgan fingerprint density at radius 3 is 2.25 bits per heavy atom. The Labute approximate surface area is 98.0 Å². The standard InChI is InChI=1S/C12H24N2O2/c1-9(11(15)16)13-10-5-7-14(8-6-10)12(2,3)4/h9-10,13H,5-8H2,1-4H3,(H,15,16). The summed E-state index contributed by atoms with van der Waals surface area (Å²) in [4.78, 5) is 13.2. The van der Waals surface area contributed by atoms with E-state index in [1.807, 2.05) is 0 Å². The molecule has 2 N–H and O–H groups in total. The molecule has 94 valence electrons. The third kappa shape index (κ3) is 3.76. The lowest BCUT2D eigenvalue weighted by atomic mass is 9.97. The van der Waals surface area contributed by atoms with Crippen molar-refractivity contribution >= 4 is 5.97 Å². The van der Waals surface area contributed by atoms with E-state index in [1.54, 1.807) is 6.92 Å². The smallest absolute Gasteiger partial charge is 0.320 e. The van der Waals surface area contributed by atoms with Crippen molar-refractivity contribution in [3.8, 4) is 0 Å². The average molecular weight is 228 g/mol. The number of aliphatic carboxylic acids is 1. The summed E-state index contributed by atoms with van der Waals surface area (Å²) in [6.07, 6.45) is 2.07. The van der Waals surface area contributed by atoms with Crippen LogP contribution < -0.4 is 5.32 Å². The first-order chi connectivity index (χ1) is 7.30. The van der Waals surface area contributed by atoms with Gasteiger partial charge in [0.2, 0.25) is 0 Å². The van der Waals surface area contributed by atoms with Gasteiger partial charge in [-0.2, -0.15) is 0 Å². The molecule has 1 aliphatic heterocycles. The average Bonchev–Trinajstić information content (AvgIpc) is 2.17. The van der Waals surface area contributed by atoms with Gasteiger partial charge in [-0.1, -0.05) is 0 Å². The first-order valence-electron chi connectivity index (χ1n) is 6.04. The van der Waals surface area contributed by atoms with E-state index in [9.17, 15) is 4.79 Å². The van der Waals surface area contributed by atoms with Crippen molar-refractivity contribution in [3.63, 3.8) is 0 Å². The molecule has 0 radical (unpaired) electrons. The topological polar surface area (TPSA) is 52.6 Å². The molecular weight excluding hydrogens is 204 g/mol. The Hall–Kier alpha value is -0.610. The maximum Gasteiger partial charge on any atom is 0.320 e. The lowest BCUT2D eigenvalue weighted by molar-refractivity contribution is -0.139. The number of likely N-dealkylation sites (tertiary alicyclic amines) is 1. The third-order valence-electron chi connectivity index (χ3n) is 3.30. The van der Waals surface area contributed by atoms with Crippen LogP contribution in [-0.2, 0) is 4.79 Å².